The number of amides is 2. The van der Waals surface area contributed by atoms with Gasteiger partial charge >= 0.3 is 24.1 Å². The van der Waals surface area contributed by atoms with Gasteiger partial charge in [0.25, 0.3) is 0 Å². The number of carbonyl (C=O) groups is 4. The zero-order valence-electron chi connectivity index (χ0n) is 40.9. The second kappa shape index (κ2) is 20.7. The van der Waals surface area contributed by atoms with Gasteiger partial charge in [0.05, 0.1) is 33.5 Å². The van der Waals surface area contributed by atoms with Gasteiger partial charge in [0.1, 0.15) is 40.8 Å². The van der Waals surface area contributed by atoms with Crippen LogP contribution in [0.3, 0.4) is 0 Å². The molecule has 7 rings (SSSR count). The van der Waals surface area contributed by atoms with Crippen LogP contribution >= 0.6 is 11.6 Å². The van der Waals surface area contributed by atoms with Crippen molar-refractivity contribution in [2.45, 2.75) is 119 Å². The van der Waals surface area contributed by atoms with Gasteiger partial charge in [-0.1, -0.05) is 72.3 Å². The number of esters is 2. The van der Waals surface area contributed by atoms with Gasteiger partial charge in [0.2, 0.25) is 0 Å². The minimum Gasteiger partial charge on any atom is -0.456 e. The molecule has 3 aromatic carbocycles. The summed E-state index contributed by atoms with van der Waals surface area (Å²) in [5, 5.41) is 5.15. The average molecular weight is 964 g/mol. The molecule has 4 aromatic heterocycles. The van der Waals surface area contributed by atoms with E-state index in [4.69, 9.17) is 45.2 Å². The maximum Gasteiger partial charge on any atom is 0.431 e. The maximum absolute atomic E-state index is 13.3. The lowest BCUT2D eigenvalue weighted by atomic mass is 10.0. The van der Waals surface area contributed by atoms with Gasteiger partial charge in [0.15, 0.2) is 0 Å². The van der Waals surface area contributed by atoms with Crippen molar-refractivity contribution < 1.29 is 47.8 Å². The molecular formula is C52H59ClN6O10. The lowest BCUT2D eigenvalue weighted by Crippen LogP contribution is -2.32. The highest BCUT2D eigenvalue weighted by atomic mass is 35.5. The number of hydrogen-bond acceptors (Lipinski definition) is 12. The summed E-state index contributed by atoms with van der Waals surface area (Å²) in [6.07, 6.45) is 6.20. The molecule has 0 aliphatic carbocycles. The van der Waals surface area contributed by atoms with E-state index >= 15 is 0 Å². The first-order chi connectivity index (χ1) is 32.2. The summed E-state index contributed by atoms with van der Waals surface area (Å²) >= 11 is 6.13. The van der Waals surface area contributed by atoms with Gasteiger partial charge in [-0.25, -0.2) is 29.1 Å². The van der Waals surface area contributed by atoms with E-state index in [0.717, 1.165) is 32.8 Å². The molecule has 0 spiro atoms. The van der Waals surface area contributed by atoms with Gasteiger partial charge in [-0.15, -0.1) is 0 Å². The zero-order valence-corrected chi connectivity index (χ0v) is 41.7. The molecule has 0 saturated carbocycles. The summed E-state index contributed by atoms with van der Waals surface area (Å²) in [6.45, 7) is 21.0. The number of aromatic nitrogens is 4. The number of H-pyrrole nitrogens is 2. The van der Waals surface area contributed by atoms with Crippen LogP contribution in [0.25, 0.3) is 55.5 Å². The van der Waals surface area contributed by atoms with Gasteiger partial charge < -0.3 is 28.9 Å². The monoisotopic (exact) mass is 962 g/mol. The maximum atomic E-state index is 13.3. The Labute approximate surface area is 405 Å². The first-order valence-corrected chi connectivity index (χ1v) is 22.6. The first kappa shape index (κ1) is 51.4. The third kappa shape index (κ3) is 14.3. The van der Waals surface area contributed by atoms with Gasteiger partial charge in [-0.05, 0) is 112 Å². The number of pyridine rings is 2. The number of hydroxylamine groups is 2. The molecule has 17 heteroatoms. The van der Waals surface area contributed by atoms with Crippen molar-refractivity contribution in [3.8, 4) is 0 Å². The minimum atomic E-state index is -0.741. The molecule has 16 nitrogen and oxygen atoms in total. The summed E-state index contributed by atoms with van der Waals surface area (Å²) in [7, 11) is 0. The third-order valence-corrected chi connectivity index (χ3v) is 9.65. The molecule has 0 fully saturated rings. The zero-order chi connectivity index (χ0) is 50.5. The van der Waals surface area contributed by atoms with Crippen molar-refractivity contribution in [3.05, 3.63) is 118 Å². The SMILES string of the molecule is CC(C)(C)OC(=O)NOCc1nc2c(ccc3c[nH]c(/C=C/c4ccccc4)cc32)c1C(=O)OC(C)(C)C.CC(C)(C)OC(=O)NOCc1nc2c(ccc3c[nH]c(Cl)cc32)c1C(=O)OC(C)(C)C. The van der Waals surface area contributed by atoms with Crippen molar-refractivity contribution in [1.29, 1.82) is 0 Å². The molecule has 4 N–H and O–H groups in total. The third-order valence-electron chi connectivity index (χ3n) is 9.43. The smallest absolute Gasteiger partial charge is 0.431 e. The van der Waals surface area contributed by atoms with Crippen molar-refractivity contribution in [2.24, 2.45) is 0 Å². The second-order valence-corrected chi connectivity index (χ2v) is 20.4. The van der Waals surface area contributed by atoms with Gasteiger partial charge in [-0.2, -0.15) is 11.0 Å². The largest absolute Gasteiger partial charge is 0.456 e. The quantitative estimate of drug-likeness (QED) is 0.0437. The number of carbonyl (C=O) groups excluding carboxylic acids is 4. The molecule has 2 amide bonds. The average Bonchev–Trinajstić information content (AvgIpc) is 3.80. The van der Waals surface area contributed by atoms with E-state index in [-0.39, 0.29) is 18.8 Å². The molecule has 0 bridgehead atoms. The molecule has 0 aliphatic heterocycles. The highest BCUT2D eigenvalue weighted by Crippen LogP contribution is 2.34. The molecule has 364 valence electrons. The molecule has 7 aromatic rings. The number of nitrogens with zero attached hydrogens (tertiary/aromatic N) is 2. The van der Waals surface area contributed by atoms with E-state index in [9.17, 15) is 19.2 Å². The Hall–Kier alpha value is -7.01. The Morgan fingerprint density at radius 1 is 0.551 bits per heavy atom. The molecule has 0 unspecified atom stereocenters. The number of benzene rings is 3. The number of fused-ring (bicyclic) bond motifs is 6. The number of hydrogen-bond donors (Lipinski definition) is 4. The van der Waals surface area contributed by atoms with E-state index < -0.39 is 46.5 Å². The number of ether oxygens (including phenoxy) is 4. The lowest BCUT2D eigenvalue weighted by Gasteiger charge is -2.20. The van der Waals surface area contributed by atoms with Crippen molar-refractivity contribution >= 4 is 91.2 Å². The minimum absolute atomic E-state index is 0.149. The molecule has 69 heavy (non-hydrogen) atoms. The van der Waals surface area contributed by atoms with Gasteiger partial charge in [-0.3, -0.25) is 9.68 Å². The van der Waals surface area contributed by atoms with Crippen molar-refractivity contribution in [1.82, 2.24) is 30.9 Å². The number of halogens is 1. The second-order valence-electron chi connectivity index (χ2n) is 20.0. The standard InChI is InChI=1S/C30H33N3O5.C22H26ClN3O5/c1-29(2,3)37-27(34)25-22-15-13-20-17-31-21(14-12-19-10-8-7-9-11-19)16-23(20)26(22)32-24(25)18-36-33-28(35)38-30(4,5)6;1-21(2,3)30-19(27)17-13-8-7-12-10-24-16(23)9-14(12)18(13)25-15(17)11-29-26-20(28)31-22(4,5)6/h7-17,31H,18H2,1-6H3,(H,33,35);7-10,24H,11H2,1-6H3,(H,26,28)/b14-12+;. The summed E-state index contributed by atoms with van der Waals surface area (Å²) in [5.74, 6) is -1.04. The fourth-order valence-corrected chi connectivity index (χ4v) is 7.07. The number of aromatic amines is 2. The predicted octanol–water partition coefficient (Wildman–Crippen LogP) is 12.1. The predicted molar refractivity (Wildman–Crippen MR) is 266 cm³/mol. The topological polar surface area (TPSA) is 205 Å². The number of rotatable bonds is 10. The Morgan fingerprint density at radius 3 is 1.43 bits per heavy atom. The number of nitrogens with one attached hydrogen (secondary N) is 4. The highest BCUT2D eigenvalue weighted by Gasteiger charge is 2.29. The Morgan fingerprint density at radius 2 is 0.986 bits per heavy atom. The molecule has 0 radical (unpaired) electrons. The normalized spacial score (nSPS) is 12.2. The van der Waals surface area contributed by atoms with E-state index in [1.807, 2.05) is 72.9 Å². The first-order valence-electron chi connectivity index (χ1n) is 22.2. The van der Waals surface area contributed by atoms with Crippen LogP contribution in [0, 0.1) is 0 Å². The van der Waals surface area contributed by atoms with Crippen molar-refractivity contribution in [3.63, 3.8) is 0 Å². The molecule has 0 atom stereocenters. The fourth-order valence-electron chi connectivity index (χ4n) is 6.91. The van der Waals surface area contributed by atoms with Crippen LogP contribution in [-0.4, -0.2) is 66.5 Å². The Balaban J connectivity index is 0.000000232. The van der Waals surface area contributed by atoms with Crippen LogP contribution < -0.4 is 11.0 Å². The van der Waals surface area contributed by atoms with Crippen molar-refractivity contribution in [2.75, 3.05) is 0 Å². The molecule has 4 heterocycles. The summed E-state index contributed by atoms with van der Waals surface area (Å²) < 4.78 is 21.6. The Bertz CT molecular complexity index is 3040. The van der Waals surface area contributed by atoms with Crippen LogP contribution in [0.1, 0.15) is 126 Å². The highest BCUT2D eigenvalue weighted by molar-refractivity contribution is 6.30. The van der Waals surface area contributed by atoms with Crippen LogP contribution in [-0.2, 0) is 41.8 Å². The summed E-state index contributed by atoms with van der Waals surface area (Å²) in [6, 6.07) is 21.2. The van der Waals surface area contributed by atoms with E-state index in [1.165, 1.54) is 0 Å². The Kier molecular flexibility index (Phi) is 15.4. The van der Waals surface area contributed by atoms with Crippen LogP contribution in [0.2, 0.25) is 5.15 Å². The summed E-state index contributed by atoms with van der Waals surface area (Å²) in [4.78, 5) is 76.4. The van der Waals surface area contributed by atoms with Crippen LogP contribution in [0.15, 0.2) is 79.1 Å². The van der Waals surface area contributed by atoms with Crippen LogP contribution in [0.5, 0.6) is 0 Å². The molecular weight excluding hydrogens is 904 g/mol. The fraction of sp³-hybridized carbons (Fsp3) is 0.346. The van der Waals surface area contributed by atoms with E-state index in [1.54, 1.807) is 101 Å². The lowest BCUT2D eigenvalue weighted by molar-refractivity contribution is -0.0156. The van der Waals surface area contributed by atoms with E-state index in [0.29, 0.717) is 43.9 Å². The van der Waals surface area contributed by atoms with E-state index in [2.05, 4.69) is 25.9 Å². The van der Waals surface area contributed by atoms with Crippen LogP contribution in [0.4, 0.5) is 9.59 Å². The summed E-state index contributed by atoms with van der Waals surface area (Å²) in [5.41, 5.74) is 6.18. The molecule has 0 aliphatic rings. The van der Waals surface area contributed by atoms with Gasteiger partial charge in [0, 0.05) is 45.0 Å². The molecule has 0 saturated heterocycles.